The summed E-state index contributed by atoms with van der Waals surface area (Å²) in [5.74, 6) is -1.54. The van der Waals surface area contributed by atoms with Gasteiger partial charge in [0, 0.05) is 11.6 Å². The third-order valence-corrected chi connectivity index (χ3v) is 6.35. The summed E-state index contributed by atoms with van der Waals surface area (Å²) in [6.45, 7) is 3.21. The molecule has 0 saturated heterocycles. The first-order valence-corrected chi connectivity index (χ1v) is 9.14. The summed E-state index contributed by atoms with van der Waals surface area (Å²) in [6, 6.07) is 5.67. The fourth-order valence-corrected chi connectivity index (χ4v) is 3.73. The number of sulfone groups is 1. The number of hydrogen-bond donors (Lipinski definition) is 2. The zero-order valence-corrected chi connectivity index (χ0v) is 14.0. The Hall–Kier alpha value is -1.89. The Morgan fingerprint density at radius 1 is 1.17 bits per heavy atom. The highest BCUT2D eigenvalue weighted by Gasteiger charge is 2.30. The van der Waals surface area contributed by atoms with Crippen molar-refractivity contribution in [2.75, 3.05) is 0 Å². The highest BCUT2D eigenvalue weighted by molar-refractivity contribution is 7.92. The topological polar surface area (TPSA) is 101 Å². The summed E-state index contributed by atoms with van der Waals surface area (Å²) < 4.78 is 24.1. The predicted molar refractivity (Wildman–Crippen MR) is 85.0 cm³/mol. The summed E-state index contributed by atoms with van der Waals surface area (Å²) in [4.78, 5) is 23.3. The Balaban J connectivity index is 2.03. The van der Waals surface area contributed by atoms with Gasteiger partial charge in [-0.25, -0.2) is 8.42 Å². The van der Waals surface area contributed by atoms with Crippen molar-refractivity contribution in [2.24, 2.45) is 5.92 Å². The summed E-state index contributed by atoms with van der Waals surface area (Å²) in [5.41, 5.74) is 0.367. The maximum Gasteiger partial charge on any atom is 0.306 e. The number of amides is 1. The standard InChI is InChI=1S/C16H21NO5S/c1-10(2)23(21,22)14-7-4-11(5-8-14)15(18)17-13-6-3-12(9-13)16(19)20/h4-5,7-8,10,12-13H,3,6,9H2,1-2H3,(H,17,18)(H,19,20)/t12-,13+/m1/s1. The number of nitrogens with one attached hydrogen (secondary N) is 1. The van der Waals surface area contributed by atoms with Gasteiger partial charge in [0.25, 0.3) is 5.91 Å². The van der Waals surface area contributed by atoms with E-state index in [9.17, 15) is 18.0 Å². The molecule has 2 atom stereocenters. The lowest BCUT2D eigenvalue weighted by atomic mass is 10.1. The van der Waals surface area contributed by atoms with Crippen LogP contribution in [0.5, 0.6) is 0 Å². The van der Waals surface area contributed by atoms with Gasteiger partial charge >= 0.3 is 5.97 Å². The van der Waals surface area contributed by atoms with Crippen LogP contribution < -0.4 is 5.32 Å². The van der Waals surface area contributed by atoms with Gasteiger partial charge in [-0.3, -0.25) is 9.59 Å². The number of benzene rings is 1. The molecule has 6 nitrogen and oxygen atoms in total. The van der Waals surface area contributed by atoms with Crippen molar-refractivity contribution >= 4 is 21.7 Å². The molecule has 1 aliphatic carbocycles. The van der Waals surface area contributed by atoms with E-state index in [0.717, 1.165) is 0 Å². The molecular formula is C16H21NO5S. The molecule has 2 N–H and O–H groups in total. The monoisotopic (exact) mass is 339 g/mol. The van der Waals surface area contributed by atoms with Gasteiger partial charge in [0.1, 0.15) is 0 Å². The van der Waals surface area contributed by atoms with E-state index in [0.29, 0.717) is 24.8 Å². The largest absolute Gasteiger partial charge is 0.481 e. The molecule has 1 aromatic carbocycles. The first kappa shape index (κ1) is 17.5. The highest BCUT2D eigenvalue weighted by Crippen LogP contribution is 2.26. The van der Waals surface area contributed by atoms with Crippen molar-refractivity contribution in [2.45, 2.75) is 49.3 Å². The normalized spacial score (nSPS) is 21.3. The molecule has 1 aliphatic rings. The average molecular weight is 339 g/mol. The molecule has 0 radical (unpaired) electrons. The number of rotatable bonds is 5. The average Bonchev–Trinajstić information content (AvgIpc) is 2.96. The SMILES string of the molecule is CC(C)S(=O)(=O)c1ccc(C(=O)N[C@H]2CC[C@@H](C(=O)O)C2)cc1. The van der Waals surface area contributed by atoms with E-state index in [-0.39, 0.29) is 16.8 Å². The number of carbonyl (C=O) groups is 2. The van der Waals surface area contributed by atoms with E-state index in [4.69, 9.17) is 5.11 Å². The Bertz CT molecular complexity index is 694. The molecule has 1 amide bonds. The van der Waals surface area contributed by atoms with Crippen LogP contribution in [0.2, 0.25) is 0 Å². The molecule has 0 bridgehead atoms. The van der Waals surface area contributed by atoms with Gasteiger partial charge in [0.05, 0.1) is 16.1 Å². The van der Waals surface area contributed by atoms with Gasteiger partial charge < -0.3 is 10.4 Å². The predicted octanol–water partition coefficient (Wildman–Crippen LogP) is 1.85. The van der Waals surface area contributed by atoms with Gasteiger partial charge in [0.2, 0.25) is 0 Å². The molecular weight excluding hydrogens is 318 g/mol. The number of hydrogen-bond acceptors (Lipinski definition) is 4. The van der Waals surface area contributed by atoms with Crippen molar-refractivity contribution in [1.29, 1.82) is 0 Å². The number of aliphatic carboxylic acids is 1. The molecule has 0 aromatic heterocycles. The summed E-state index contributed by atoms with van der Waals surface area (Å²) in [6.07, 6.45) is 1.63. The fourth-order valence-electron chi connectivity index (χ4n) is 2.67. The van der Waals surface area contributed by atoms with E-state index >= 15 is 0 Å². The third-order valence-electron chi connectivity index (χ3n) is 4.18. The molecule has 0 aliphatic heterocycles. The zero-order chi connectivity index (χ0) is 17.2. The Labute approximate surface area is 135 Å². The quantitative estimate of drug-likeness (QED) is 0.852. The van der Waals surface area contributed by atoms with Crippen LogP contribution in [0.3, 0.4) is 0 Å². The smallest absolute Gasteiger partial charge is 0.306 e. The second kappa shape index (κ2) is 6.70. The second-order valence-corrected chi connectivity index (χ2v) is 8.64. The minimum atomic E-state index is -3.36. The molecule has 126 valence electrons. The maximum atomic E-state index is 12.2. The van der Waals surface area contributed by atoms with Crippen molar-refractivity contribution in [3.8, 4) is 0 Å². The highest BCUT2D eigenvalue weighted by atomic mass is 32.2. The van der Waals surface area contributed by atoms with Gasteiger partial charge in [-0.1, -0.05) is 0 Å². The molecule has 7 heteroatoms. The maximum absolute atomic E-state index is 12.2. The summed E-state index contributed by atoms with van der Waals surface area (Å²) in [5, 5.41) is 11.3. The van der Waals surface area contributed by atoms with Crippen molar-refractivity contribution in [1.82, 2.24) is 5.32 Å². The zero-order valence-electron chi connectivity index (χ0n) is 13.2. The van der Waals surface area contributed by atoms with Crippen LogP contribution in [0.4, 0.5) is 0 Å². The summed E-state index contributed by atoms with van der Waals surface area (Å²) in [7, 11) is -3.36. The molecule has 1 aromatic rings. The lowest BCUT2D eigenvalue weighted by Crippen LogP contribution is -2.33. The minimum Gasteiger partial charge on any atom is -0.481 e. The second-order valence-electron chi connectivity index (χ2n) is 6.14. The van der Waals surface area contributed by atoms with E-state index in [2.05, 4.69) is 5.32 Å². The van der Waals surface area contributed by atoms with Crippen LogP contribution in [-0.2, 0) is 14.6 Å². The minimum absolute atomic E-state index is 0.150. The van der Waals surface area contributed by atoms with E-state index < -0.39 is 27.0 Å². The van der Waals surface area contributed by atoms with Crippen LogP contribution in [0.15, 0.2) is 29.2 Å². The van der Waals surface area contributed by atoms with E-state index in [1.54, 1.807) is 13.8 Å². The molecule has 0 spiro atoms. The lowest BCUT2D eigenvalue weighted by Gasteiger charge is -2.13. The van der Waals surface area contributed by atoms with Crippen LogP contribution >= 0.6 is 0 Å². The van der Waals surface area contributed by atoms with Gasteiger partial charge in [-0.15, -0.1) is 0 Å². The first-order valence-electron chi connectivity index (χ1n) is 7.59. The van der Waals surface area contributed by atoms with E-state index in [1.165, 1.54) is 24.3 Å². The summed E-state index contributed by atoms with van der Waals surface area (Å²) >= 11 is 0. The molecule has 0 unspecified atom stereocenters. The number of carboxylic acid groups (broad SMARTS) is 1. The van der Waals surface area contributed by atoms with Gasteiger partial charge in [0.15, 0.2) is 9.84 Å². The Morgan fingerprint density at radius 2 is 1.78 bits per heavy atom. The van der Waals surface area contributed by atoms with E-state index in [1.807, 2.05) is 0 Å². The Morgan fingerprint density at radius 3 is 2.26 bits per heavy atom. The van der Waals surface area contributed by atoms with Crippen LogP contribution in [0, 0.1) is 5.92 Å². The molecule has 23 heavy (non-hydrogen) atoms. The van der Waals surface area contributed by atoms with Gasteiger partial charge in [-0.2, -0.15) is 0 Å². The number of carbonyl (C=O) groups excluding carboxylic acids is 1. The molecule has 0 heterocycles. The third kappa shape index (κ3) is 3.90. The van der Waals surface area contributed by atoms with Crippen molar-refractivity contribution < 1.29 is 23.1 Å². The Kier molecular flexibility index (Phi) is 5.09. The van der Waals surface area contributed by atoms with Gasteiger partial charge in [-0.05, 0) is 57.4 Å². The molecule has 1 saturated carbocycles. The molecule has 1 fully saturated rings. The fraction of sp³-hybridized carbons (Fsp3) is 0.500. The molecule has 2 rings (SSSR count). The van der Waals surface area contributed by atoms with Crippen LogP contribution in [0.1, 0.15) is 43.5 Å². The number of carboxylic acids is 1. The van der Waals surface area contributed by atoms with Crippen LogP contribution in [-0.4, -0.2) is 36.7 Å². The first-order chi connectivity index (χ1) is 10.7. The van der Waals surface area contributed by atoms with Crippen LogP contribution in [0.25, 0.3) is 0 Å². The lowest BCUT2D eigenvalue weighted by molar-refractivity contribution is -0.141. The van der Waals surface area contributed by atoms with Crippen molar-refractivity contribution in [3.05, 3.63) is 29.8 Å². The van der Waals surface area contributed by atoms with Crippen molar-refractivity contribution in [3.63, 3.8) is 0 Å².